The fraction of sp³-hybridized carbons (Fsp3) is 0.625. The van der Waals surface area contributed by atoms with Gasteiger partial charge in [0.15, 0.2) is 11.6 Å². The maximum atomic E-state index is 13.5. The molecule has 20 heavy (non-hydrogen) atoms. The van der Waals surface area contributed by atoms with Crippen molar-refractivity contribution in [2.75, 3.05) is 13.1 Å². The van der Waals surface area contributed by atoms with Gasteiger partial charge in [-0.15, -0.1) is 0 Å². The highest BCUT2D eigenvalue weighted by atomic mass is 19.2. The first-order valence-corrected chi connectivity index (χ1v) is 7.50. The SMILES string of the molecule is CCN(CC)C1(C(N)c2ccc(F)c(F)c2)CCCC1. The molecule has 0 radical (unpaired) electrons. The van der Waals surface area contributed by atoms with Gasteiger partial charge in [0.25, 0.3) is 0 Å². The third-order valence-electron chi connectivity index (χ3n) is 4.74. The number of hydrogen-bond donors (Lipinski definition) is 1. The van der Waals surface area contributed by atoms with Crippen molar-refractivity contribution in [3.05, 3.63) is 35.4 Å². The summed E-state index contributed by atoms with van der Waals surface area (Å²) < 4.78 is 26.6. The van der Waals surface area contributed by atoms with E-state index in [4.69, 9.17) is 5.73 Å². The first-order chi connectivity index (χ1) is 9.55. The third-order valence-corrected chi connectivity index (χ3v) is 4.74. The third kappa shape index (κ3) is 2.59. The molecular weight excluding hydrogens is 258 g/mol. The molecule has 1 aromatic carbocycles. The molecule has 2 N–H and O–H groups in total. The number of nitrogens with zero attached hydrogens (tertiary/aromatic N) is 1. The molecule has 1 unspecified atom stereocenters. The minimum Gasteiger partial charge on any atom is -0.322 e. The second-order valence-corrected chi connectivity index (χ2v) is 5.63. The van der Waals surface area contributed by atoms with Gasteiger partial charge in [-0.25, -0.2) is 8.78 Å². The van der Waals surface area contributed by atoms with Gasteiger partial charge in [0, 0.05) is 11.6 Å². The standard InChI is InChI=1S/C16H24F2N2/c1-3-20(4-2)16(9-5-6-10-16)15(19)12-7-8-13(17)14(18)11-12/h7-8,11,15H,3-6,9-10,19H2,1-2H3. The van der Waals surface area contributed by atoms with E-state index >= 15 is 0 Å². The summed E-state index contributed by atoms with van der Waals surface area (Å²) in [5.41, 5.74) is 7.05. The van der Waals surface area contributed by atoms with Crippen molar-refractivity contribution >= 4 is 0 Å². The fourth-order valence-corrected chi connectivity index (χ4v) is 3.68. The van der Waals surface area contributed by atoms with Crippen molar-refractivity contribution in [3.63, 3.8) is 0 Å². The van der Waals surface area contributed by atoms with Crippen LogP contribution in [0.15, 0.2) is 18.2 Å². The molecule has 0 aromatic heterocycles. The summed E-state index contributed by atoms with van der Waals surface area (Å²) in [7, 11) is 0. The van der Waals surface area contributed by atoms with Crippen LogP contribution in [-0.2, 0) is 0 Å². The van der Waals surface area contributed by atoms with Crippen LogP contribution < -0.4 is 5.73 Å². The minimum absolute atomic E-state index is 0.117. The van der Waals surface area contributed by atoms with Crippen LogP contribution in [-0.4, -0.2) is 23.5 Å². The average Bonchev–Trinajstić information content (AvgIpc) is 2.93. The highest BCUT2D eigenvalue weighted by molar-refractivity contribution is 5.25. The van der Waals surface area contributed by atoms with Crippen LogP contribution in [0.3, 0.4) is 0 Å². The molecule has 1 saturated carbocycles. The van der Waals surface area contributed by atoms with E-state index in [1.807, 2.05) is 0 Å². The summed E-state index contributed by atoms with van der Waals surface area (Å²) in [6.45, 7) is 6.10. The highest BCUT2D eigenvalue weighted by Gasteiger charge is 2.44. The van der Waals surface area contributed by atoms with Crippen molar-refractivity contribution in [1.29, 1.82) is 0 Å². The van der Waals surface area contributed by atoms with Crippen LogP contribution in [0.2, 0.25) is 0 Å². The molecule has 2 nitrogen and oxygen atoms in total. The Balaban J connectivity index is 2.35. The van der Waals surface area contributed by atoms with Crippen LogP contribution >= 0.6 is 0 Å². The Morgan fingerprint density at radius 3 is 2.25 bits per heavy atom. The lowest BCUT2D eigenvalue weighted by molar-refractivity contribution is 0.0769. The van der Waals surface area contributed by atoms with E-state index < -0.39 is 11.6 Å². The summed E-state index contributed by atoms with van der Waals surface area (Å²) in [4.78, 5) is 2.38. The molecule has 0 bridgehead atoms. The number of hydrogen-bond acceptors (Lipinski definition) is 2. The van der Waals surface area contributed by atoms with Crippen LogP contribution in [0.25, 0.3) is 0 Å². The van der Waals surface area contributed by atoms with Crippen molar-refractivity contribution < 1.29 is 8.78 Å². The zero-order chi connectivity index (χ0) is 14.8. The normalized spacial score (nSPS) is 19.5. The van der Waals surface area contributed by atoms with Crippen molar-refractivity contribution in [3.8, 4) is 0 Å². The van der Waals surface area contributed by atoms with Gasteiger partial charge in [0.05, 0.1) is 0 Å². The molecule has 0 amide bonds. The summed E-state index contributed by atoms with van der Waals surface area (Å²) in [5.74, 6) is -1.63. The first kappa shape index (κ1) is 15.4. The van der Waals surface area contributed by atoms with Crippen molar-refractivity contribution in [2.24, 2.45) is 5.73 Å². The van der Waals surface area contributed by atoms with Gasteiger partial charge in [0.2, 0.25) is 0 Å². The maximum Gasteiger partial charge on any atom is 0.159 e. The van der Waals surface area contributed by atoms with E-state index in [9.17, 15) is 8.78 Å². The Labute approximate surface area is 120 Å². The Kier molecular flexibility index (Phi) is 4.76. The van der Waals surface area contributed by atoms with E-state index in [2.05, 4.69) is 18.7 Å². The monoisotopic (exact) mass is 282 g/mol. The Bertz CT molecular complexity index is 452. The number of nitrogens with two attached hydrogens (primary N) is 1. The van der Waals surface area contributed by atoms with Crippen LogP contribution in [0.4, 0.5) is 8.78 Å². The molecule has 1 fully saturated rings. The van der Waals surface area contributed by atoms with E-state index in [1.165, 1.54) is 12.1 Å². The smallest absolute Gasteiger partial charge is 0.159 e. The predicted octanol–water partition coefficient (Wildman–Crippen LogP) is 3.62. The quantitative estimate of drug-likeness (QED) is 0.893. The molecule has 0 heterocycles. The van der Waals surface area contributed by atoms with Gasteiger partial charge in [-0.1, -0.05) is 32.8 Å². The van der Waals surface area contributed by atoms with Crippen LogP contribution in [0, 0.1) is 11.6 Å². The molecular formula is C16H24F2N2. The topological polar surface area (TPSA) is 29.3 Å². The number of likely N-dealkylation sites (N-methyl/N-ethyl adjacent to an activating group) is 1. The van der Waals surface area contributed by atoms with Crippen molar-refractivity contribution in [2.45, 2.75) is 51.1 Å². The molecule has 1 atom stereocenters. The number of halogens is 2. The Hall–Kier alpha value is -1.00. The molecule has 1 aliphatic carbocycles. The van der Waals surface area contributed by atoms with Crippen LogP contribution in [0.5, 0.6) is 0 Å². The molecule has 1 aromatic rings. The number of rotatable bonds is 5. The van der Waals surface area contributed by atoms with Gasteiger partial charge >= 0.3 is 0 Å². The van der Waals surface area contributed by atoms with Gasteiger partial charge in [-0.3, -0.25) is 4.90 Å². The summed E-state index contributed by atoms with van der Waals surface area (Å²) >= 11 is 0. The molecule has 4 heteroatoms. The maximum absolute atomic E-state index is 13.5. The minimum atomic E-state index is -0.815. The lowest BCUT2D eigenvalue weighted by atomic mass is 9.82. The van der Waals surface area contributed by atoms with E-state index in [-0.39, 0.29) is 11.6 Å². The first-order valence-electron chi connectivity index (χ1n) is 7.50. The summed E-state index contributed by atoms with van der Waals surface area (Å²) in [6.07, 6.45) is 4.34. The molecule has 0 aliphatic heterocycles. The van der Waals surface area contributed by atoms with Crippen molar-refractivity contribution in [1.82, 2.24) is 4.90 Å². The second kappa shape index (κ2) is 6.19. The molecule has 112 valence electrons. The average molecular weight is 282 g/mol. The van der Waals surface area contributed by atoms with E-state index in [0.717, 1.165) is 38.8 Å². The van der Waals surface area contributed by atoms with Gasteiger partial charge in [-0.05, 0) is 43.6 Å². The van der Waals surface area contributed by atoms with Gasteiger partial charge in [-0.2, -0.15) is 0 Å². The lowest BCUT2D eigenvalue weighted by Crippen LogP contribution is -2.53. The molecule has 2 rings (SSSR count). The Morgan fingerprint density at radius 1 is 1.15 bits per heavy atom. The second-order valence-electron chi connectivity index (χ2n) is 5.63. The highest BCUT2D eigenvalue weighted by Crippen LogP contribution is 2.43. The fourth-order valence-electron chi connectivity index (χ4n) is 3.68. The Morgan fingerprint density at radius 2 is 1.75 bits per heavy atom. The van der Waals surface area contributed by atoms with E-state index in [0.29, 0.717) is 5.56 Å². The molecule has 1 aliphatic rings. The van der Waals surface area contributed by atoms with Gasteiger partial charge in [0.1, 0.15) is 0 Å². The lowest BCUT2D eigenvalue weighted by Gasteiger charge is -2.45. The largest absolute Gasteiger partial charge is 0.322 e. The van der Waals surface area contributed by atoms with Crippen LogP contribution in [0.1, 0.15) is 51.1 Å². The zero-order valence-corrected chi connectivity index (χ0v) is 12.3. The summed E-state index contributed by atoms with van der Waals surface area (Å²) in [5, 5.41) is 0. The number of benzene rings is 1. The molecule has 0 spiro atoms. The molecule has 0 saturated heterocycles. The predicted molar refractivity (Wildman–Crippen MR) is 77.4 cm³/mol. The zero-order valence-electron chi connectivity index (χ0n) is 12.3. The summed E-state index contributed by atoms with van der Waals surface area (Å²) in [6, 6.07) is 3.77. The van der Waals surface area contributed by atoms with E-state index in [1.54, 1.807) is 6.07 Å². The van der Waals surface area contributed by atoms with Gasteiger partial charge < -0.3 is 5.73 Å².